The molecule has 7 heteroatoms. The van der Waals surface area contributed by atoms with E-state index >= 15 is 0 Å². The van der Waals surface area contributed by atoms with Crippen LogP contribution >= 0.6 is 0 Å². The molecule has 1 aromatic heterocycles. The molecule has 0 spiro atoms. The number of nitrogens with one attached hydrogen (secondary N) is 1. The van der Waals surface area contributed by atoms with Gasteiger partial charge in [-0.2, -0.15) is 4.80 Å². The van der Waals surface area contributed by atoms with Crippen molar-refractivity contribution in [3.8, 4) is 0 Å². The van der Waals surface area contributed by atoms with E-state index in [0.717, 1.165) is 12.8 Å². The lowest BCUT2D eigenvalue weighted by molar-refractivity contribution is -0.0723. The number of rotatable bonds is 8. The highest BCUT2D eigenvalue weighted by molar-refractivity contribution is 4.96. The van der Waals surface area contributed by atoms with Gasteiger partial charge in [0.25, 0.3) is 0 Å². The average Bonchev–Trinajstić information content (AvgIpc) is 2.79. The van der Waals surface area contributed by atoms with Gasteiger partial charge in [-0.3, -0.25) is 11.3 Å². The third kappa shape index (κ3) is 3.24. The standard InChI is InChI=1S/C11H24N6O/c1-5-11(6-2,18-7-3)9(13-12)8-10-14-16-17(4)15-10/h9,13H,5-8,12H2,1-4H3. The molecule has 3 N–H and O–H groups in total. The van der Waals surface area contributed by atoms with E-state index in [9.17, 15) is 0 Å². The first kappa shape index (κ1) is 15.0. The highest BCUT2D eigenvalue weighted by atomic mass is 16.5. The van der Waals surface area contributed by atoms with E-state index < -0.39 is 0 Å². The molecular weight excluding hydrogens is 232 g/mol. The van der Waals surface area contributed by atoms with Crippen LogP contribution in [-0.4, -0.2) is 38.5 Å². The zero-order chi connectivity index (χ0) is 13.6. The second-order valence-corrected chi connectivity index (χ2v) is 4.32. The van der Waals surface area contributed by atoms with Crippen LogP contribution in [0.1, 0.15) is 39.4 Å². The molecule has 1 heterocycles. The predicted molar refractivity (Wildman–Crippen MR) is 68.6 cm³/mol. The first-order chi connectivity index (χ1) is 8.61. The van der Waals surface area contributed by atoms with Crippen LogP contribution < -0.4 is 11.3 Å². The summed E-state index contributed by atoms with van der Waals surface area (Å²) in [7, 11) is 1.75. The van der Waals surface area contributed by atoms with E-state index in [1.807, 2.05) is 6.92 Å². The maximum Gasteiger partial charge on any atom is 0.176 e. The number of hydrazine groups is 1. The number of ether oxygens (including phenoxy) is 1. The molecule has 0 saturated carbocycles. The van der Waals surface area contributed by atoms with E-state index in [4.69, 9.17) is 10.6 Å². The molecule has 0 aromatic carbocycles. The number of tetrazole rings is 1. The van der Waals surface area contributed by atoms with Gasteiger partial charge in [-0.15, -0.1) is 10.2 Å². The first-order valence-electron chi connectivity index (χ1n) is 6.44. The smallest absolute Gasteiger partial charge is 0.176 e. The number of nitrogens with two attached hydrogens (primary N) is 1. The van der Waals surface area contributed by atoms with Gasteiger partial charge in [0.05, 0.1) is 18.7 Å². The summed E-state index contributed by atoms with van der Waals surface area (Å²) in [5.41, 5.74) is 2.56. The lowest BCUT2D eigenvalue weighted by Gasteiger charge is -2.38. The molecule has 0 saturated heterocycles. The maximum atomic E-state index is 5.93. The zero-order valence-corrected chi connectivity index (χ0v) is 11.7. The van der Waals surface area contributed by atoms with E-state index in [1.54, 1.807) is 7.05 Å². The van der Waals surface area contributed by atoms with Crippen LogP contribution in [-0.2, 0) is 18.2 Å². The van der Waals surface area contributed by atoms with Gasteiger partial charge < -0.3 is 4.74 Å². The summed E-state index contributed by atoms with van der Waals surface area (Å²) in [6.45, 7) is 6.86. The molecule has 0 radical (unpaired) electrons. The molecule has 18 heavy (non-hydrogen) atoms. The Kier molecular flexibility index (Phi) is 5.64. The van der Waals surface area contributed by atoms with Crippen LogP contribution in [0.4, 0.5) is 0 Å². The molecule has 1 unspecified atom stereocenters. The molecule has 1 aromatic rings. The fraction of sp³-hybridized carbons (Fsp3) is 0.909. The van der Waals surface area contributed by atoms with Crippen molar-refractivity contribution < 1.29 is 4.74 Å². The van der Waals surface area contributed by atoms with E-state index in [1.165, 1.54) is 4.80 Å². The molecule has 0 aliphatic rings. The second kappa shape index (κ2) is 6.77. The Balaban J connectivity index is 2.84. The Hall–Kier alpha value is -1.05. The summed E-state index contributed by atoms with van der Waals surface area (Å²) in [5, 5.41) is 12.0. The van der Waals surface area contributed by atoms with Crippen molar-refractivity contribution in [2.24, 2.45) is 12.9 Å². The van der Waals surface area contributed by atoms with Crippen molar-refractivity contribution in [2.75, 3.05) is 6.61 Å². The van der Waals surface area contributed by atoms with E-state index in [-0.39, 0.29) is 11.6 Å². The molecule has 104 valence electrons. The Morgan fingerprint density at radius 2 is 2.06 bits per heavy atom. The van der Waals surface area contributed by atoms with Crippen LogP contribution in [0.3, 0.4) is 0 Å². The molecule has 7 nitrogen and oxygen atoms in total. The Morgan fingerprint density at radius 3 is 2.44 bits per heavy atom. The van der Waals surface area contributed by atoms with Crippen molar-refractivity contribution in [1.29, 1.82) is 0 Å². The van der Waals surface area contributed by atoms with Crippen LogP contribution in [0.2, 0.25) is 0 Å². The monoisotopic (exact) mass is 256 g/mol. The largest absolute Gasteiger partial charge is 0.374 e. The van der Waals surface area contributed by atoms with Gasteiger partial charge in [0, 0.05) is 13.0 Å². The third-order valence-electron chi connectivity index (χ3n) is 3.40. The van der Waals surface area contributed by atoms with Crippen molar-refractivity contribution in [1.82, 2.24) is 25.6 Å². The molecule has 1 rings (SSSR count). The Bertz CT molecular complexity index is 349. The van der Waals surface area contributed by atoms with Crippen LogP contribution in [0.15, 0.2) is 0 Å². The molecule has 0 fully saturated rings. The fourth-order valence-corrected chi connectivity index (χ4v) is 2.32. The van der Waals surface area contributed by atoms with Crippen molar-refractivity contribution >= 4 is 0 Å². The van der Waals surface area contributed by atoms with Gasteiger partial charge >= 0.3 is 0 Å². The quantitative estimate of drug-likeness (QED) is 0.509. The minimum Gasteiger partial charge on any atom is -0.374 e. The highest BCUT2D eigenvalue weighted by Crippen LogP contribution is 2.26. The van der Waals surface area contributed by atoms with Crippen LogP contribution in [0.5, 0.6) is 0 Å². The minimum atomic E-state index is -0.289. The molecule has 0 bridgehead atoms. The summed E-state index contributed by atoms with van der Waals surface area (Å²) in [5.74, 6) is 6.35. The predicted octanol–water partition coefficient (Wildman–Crippen LogP) is 0.180. The molecular formula is C11H24N6O. The van der Waals surface area contributed by atoms with Crippen LogP contribution in [0.25, 0.3) is 0 Å². The number of nitrogens with zero attached hydrogens (tertiary/aromatic N) is 4. The van der Waals surface area contributed by atoms with Gasteiger partial charge in [-0.25, -0.2) is 0 Å². The van der Waals surface area contributed by atoms with Crippen molar-refractivity contribution in [3.63, 3.8) is 0 Å². The summed E-state index contributed by atoms with van der Waals surface area (Å²) >= 11 is 0. The summed E-state index contributed by atoms with van der Waals surface area (Å²) in [6.07, 6.45) is 2.37. The second-order valence-electron chi connectivity index (χ2n) is 4.32. The maximum absolute atomic E-state index is 5.93. The van der Waals surface area contributed by atoms with Gasteiger partial charge in [0.15, 0.2) is 5.82 Å². The topological polar surface area (TPSA) is 90.9 Å². The van der Waals surface area contributed by atoms with Gasteiger partial charge in [0.2, 0.25) is 0 Å². The number of hydrogen-bond donors (Lipinski definition) is 2. The molecule has 1 atom stereocenters. The zero-order valence-electron chi connectivity index (χ0n) is 11.7. The Labute approximate surface area is 108 Å². The number of hydrogen-bond acceptors (Lipinski definition) is 6. The lowest BCUT2D eigenvalue weighted by atomic mass is 9.86. The van der Waals surface area contributed by atoms with Gasteiger partial charge in [0.1, 0.15) is 0 Å². The lowest BCUT2D eigenvalue weighted by Crippen LogP contribution is -2.55. The van der Waals surface area contributed by atoms with Gasteiger partial charge in [-0.05, 0) is 25.0 Å². The highest BCUT2D eigenvalue weighted by Gasteiger charge is 2.36. The van der Waals surface area contributed by atoms with Crippen molar-refractivity contribution in [2.45, 2.75) is 51.7 Å². The first-order valence-corrected chi connectivity index (χ1v) is 6.44. The third-order valence-corrected chi connectivity index (χ3v) is 3.40. The van der Waals surface area contributed by atoms with Crippen LogP contribution in [0, 0.1) is 0 Å². The summed E-state index contributed by atoms with van der Waals surface area (Å²) < 4.78 is 5.93. The van der Waals surface area contributed by atoms with Crippen molar-refractivity contribution in [3.05, 3.63) is 5.82 Å². The van der Waals surface area contributed by atoms with E-state index in [2.05, 4.69) is 34.7 Å². The number of aryl methyl sites for hydroxylation is 1. The summed E-state index contributed by atoms with van der Waals surface area (Å²) in [4.78, 5) is 1.45. The number of aromatic nitrogens is 4. The fourth-order valence-electron chi connectivity index (χ4n) is 2.32. The van der Waals surface area contributed by atoms with Gasteiger partial charge in [-0.1, -0.05) is 13.8 Å². The average molecular weight is 256 g/mol. The molecule has 0 aliphatic carbocycles. The Morgan fingerprint density at radius 1 is 1.39 bits per heavy atom. The van der Waals surface area contributed by atoms with E-state index in [0.29, 0.717) is 18.9 Å². The normalized spacial score (nSPS) is 13.8. The SMILES string of the molecule is CCOC(CC)(CC)C(Cc1nnn(C)n1)NN. The molecule has 0 aliphatic heterocycles. The summed E-state index contributed by atoms with van der Waals surface area (Å²) in [6, 6.07) is -0.0309. The minimum absolute atomic E-state index is 0.0309. The molecule has 0 amide bonds.